The summed E-state index contributed by atoms with van der Waals surface area (Å²) in [6.45, 7) is 4.04. The van der Waals surface area contributed by atoms with Crippen LogP contribution in [0.5, 0.6) is 5.75 Å². The van der Waals surface area contributed by atoms with Crippen LogP contribution in [0.1, 0.15) is 18.4 Å². The van der Waals surface area contributed by atoms with Gasteiger partial charge < -0.3 is 5.11 Å². The van der Waals surface area contributed by atoms with E-state index in [9.17, 15) is 5.11 Å². The number of imidazole rings is 1. The maximum absolute atomic E-state index is 10.3. The van der Waals surface area contributed by atoms with E-state index in [0.29, 0.717) is 5.56 Å². The van der Waals surface area contributed by atoms with Gasteiger partial charge in [0, 0.05) is 18.2 Å². The SMILES string of the molecule is CCc1nc(C)c2c(-c3ccccc3O)nc3cccnc3n12. The van der Waals surface area contributed by atoms with E-state index < -0.39 is 0 Å². The van der Waals surface area contributed by atoms with Crippen molar-refractivity contribution in [3.63, 3.8) is 0 Å². The van der Waals surface area contributed by atoms with E-state index in [1.165, 1.54) is 0 Å². The van der Waals surface area contributed by atoms with Gasteiger partial charge in [0.25, 0.3) is 0 Å². The molecule has 5 heteroatoms. The summed E-state index contributed by atoms with van der Waals surface area (Å²) in [5.74, 6) is 1.16. The molecule has 0 fully saturated rings. The number of hydrogen-bond donors (Lipinski definition) is 1. The largest absolute Gasteiger partial charge is 0.507 e. The Hall–Kier alpha value is -2.95. The lowest BCUT2D eigenvalue weighted by Gasteiger charge is -2.10. The number of hydrogen-bond acceptors (Lipinski definition) is 4. The molecule has 3 aromatic heterocycles. The molecule has 0 aliphatic heterocycles. The van der Waals surface area contributed by atoms with Gasteiger partial charge >= 0.3 is 0 Å². The fraction of sp³-hybridized carbons (Fsp3) is 0.167. The monoisotopic (exact) mass is 304 g/mol. The highest BCUT2D eigenvalue weighted by Gasteiger charge is 2.19. The lowest BCUT2D eigenvalue weighted by Crippen LogP contribution is -2.01. The molecule has 4 rings (SSSR count). The minimum absolute atomic E-state index is 0.212. The fourth-order valence-electron chi connectivity index (χ4n) is 3.01. The Bertz CT molecular complexity index is 1040. The van der Waals surface area contributed by atoms with Gasteiger partial charge in [-0.25, -0.2) is 15.0 Å². The molecule has 4 aromatic rings. The molecule has 0 saturated carbocycles. The minimum atomic E-state index is 0.212. The van der Waals surface area contributed by atoms with Crippen LogP contribution in [0, 0.1) is 6.92 Å². The summed E-state index contributed by atoms with van der Waals surface area (Å²) < 4.78 is 2.06. The van der Waals surface area contributed by atoms with Gasteiger partial charge in [0.2, 0.25) is 0 Å². The van der Waals surface area contributed by atoms with Crippen LogP contribution >= 0.6 is 0 Å². The average Bonchev–Trinajstić information content (AvgIpc) is 2.92. The summed E-state index contributed by atoms with van der Waals surface area (Å²) in [6.07, 6.45) is 2.56. The second kappa shape index (κ2) is 5.05. The molecule has 1 N–H and O–H groups in total. The molecule has 5 nitrogen and oxygen atoms in total. The number of aryl methyl sites for hydroxylation is 2. The first-order chi connectivity index (χ1) is 11.2. The number of fused-ring (bicyclic) bond motifs is 3. The number of aromatic hydroxyl groups is 1. The third-order valence-corrected chi connectivity index (χ3v) is 4.03. The van der Waals surface area contributed by atoms with E-state index in [4.69, 9.17) is 4.98 Å². The summed E-state index contributed by atoms with van der Waals surface area (Å²) in [5, 5.41) is 10.3. The Morgan fingerprint density at radius 1 is 1.09 bits per heavy atom. The van der Waals surface area contributed by atoms with Crippen LogP contribution < -0.4 is 0 Å². The third kappa shape index (κ3) is 1.97. The molecule has 114 valence electrons. The van der Waals surface area contributed by atoms with Crippen molar-refractivity contribution >= 4 is 16.7 Å². The zero-order valence-electron chi connectivity index (χ0n) is 13.0. The molecule has 1 aromatic carbocycles. The summed E-state index contributed by atoms with van der Waals surface area (Å²) in [7, 11) is 0. The maximum Gasteiger partial charge on any atom is 0.164 e. The van der Waals surface area contributed by atoms with Gasteiger partial charge in [-0.15, -0.1) is 0 Å². The van der Waals surface area contributed by atoms with E-state index in [2.05, 4.69) is 21.3 Å². The minimum Gasteiger partial charge on any atom is -0.507 e. The average molecular weight is 304 g/mol. The number of rotatable bonds is 2. The summed E-state index contributed by atoms with van der Waals surface area (Å²) in [4.78, 5) is 13.9. The Morgan fingerprint density at radius 2 is 1.91 bits per heavy atom. The van der Waals surface area contributed by atoms with Crippen LogP contribution in [-0.4, -0.2) is 24.5 Å². The van der Waals surface area contributed by atoms with Gasteiger partial charge in [-0.2, -0.15) is 0 Å². The van der Waals surface area contributed by atoms with Crippen LogP contribution in [0.2, 0.25) is 0 Å². The molecule has 0 aliphatic rings. The van der Waals surface area contributed by atoms with Crippen LogP contribution in [-0.2, 0) is 6.42 Å². The molecule has 0 saturated heterocycles. The molecule has 0 amide bonds. The predicted molar refractivity (Wildman–Crippen MR) is 89.5 cm³/mol. The van der Waals surface area contributed by atoms with Crippen molar-refractivity contribution in [2.45, 2.75) is 20.3 Å². The number of aromatic nitrogens is 4. The fourth-order valence-corrected chi connectivity index (χ4v) is 3.01. The lowest BCUT2D eigenvalue weighted by molar-refractivity contribution is 0.477. The van der Waals surface area contributed by atoms with E-state index >= 15 is 0 Å². The molecule has 0 atom stereocenters. The molecular weight excluding hydrogens is 288 g/mol. The Kier molecular flexibility index (Phi) is 3.01. The number of phenols is 1. The van der Waals surface area contributed by atoms with Crippen molar-refractivity contribution in [1.29, 1.82) is 0 Å². The predicted octanol–water partition coefficient (Wildman–Crippen LogP) is 3.52. The van der Waals surface area contributed by atoms with E-state index in [-0.39, 0.29) is 5.75 Å². The standard InChI is InChI=1S/C18H16N4O/c1-3-15-20-11(2)17-16(12-7-4-5-9-14(12)23)21-13-8-6-10-19-18(13)22(15)17/h4-10,23H,3H2,1-2H3. The second-order valence-electron chi connectivity index (χ2n) is 5.47. The van der Waals surface area contributed by atoms with Crippen LogP contribution in [0.4, 0.5) is 0 Å². The number of pyridine rings is 1. The van der Waals surface area contributed by atoms with Crippen molar-refractivity contribution in [1.82, 2.24) is 19.4 Å². The molecule has 0 aliphatic carbocycles. The van der Waals surface area contributed by atoms with E-state index in [0.717, 1.165) is 40.3 Å². The normalized spacial score (nSPS) is 11.4. The number of nitrogens with zero attached hydrogens (tertiary/aromatic N) is 4. The quantitative estimate of drug-likeness (QED) is 0.615. The summed E-state index contributed by atoms with van der Waals surface area (Å²) in [5.41, 5.74) is 4.79. The van der Waals surface area contributed by atoms with Gasteiger partial charge in [-0.05, 0) is 31.2 Å². The first-order valence-electron chi connectivity index (χ1n) is 7.61. The van der Waals surface area contributed by atoms with Crippen LogP contribution in [0.15, 0.2) is 42.6 Å². The first-order valence-corrected chi connectivity index (χ1v) is 7.61. The molecule has 0 unspecified atom stereocenters. The second-order valence-corrected chi connectivity index (χ2v) is 5.47. The maximum atomic E-state index is 10.3. The third-order valence-electron chi connectivity index (χ3n) is 4.03. The smallest absolute Gasteiger partial charge is 0.164 e. The van der Waals surface area contributed by atoms with Crippen molar-refractivity contribution < 1.29 is 5.11 Å². The van der Waals surface area contributed by atoms with Crippen molar-refractivity contribution in [2.75, 3.05) is 0 Å². The highest BCUT2D eigenvalue weighted by molar-refractivity contribution is 5.89. The number of phenolic OH excluding ortho intramolecular Hbond substituents is 1. The van der Waals surface area contributed by atoms with E-state index in [1.807, 2.05) is 31.2 Å². The van der Waals surface area contributed by atoms with E-state index in [1.54, 1.807) is 18.3 Å². The highest BCUT2D eigenvalue weighted by atomic mass is 16.3. The van der Waals surface area contributed by atoms with Crippen molar-refractivity contribution in [3.8, 4) is 17.0 Å². The number of benzene rings is 1. The van der Waals surface area contributed by atoms with Crippen molar-refractivity contribution in [3.05, 3.63) is 54.1 Å². The summed E-state index contributed by atoms with van der Waals surface area (Å²) in [6, 6.07) is 11.0. The van der Waals surface area contributed by atoms with Gasteiger partial charge in [0.1, 0.15) is 22.8 Å². The highest BCUT2D eigenvalue weighted by Crippen LogP contribution is 2.34. The Balaban J connectivity index is 2.23. The van der Waals surface area contributed by atoms with Gasteiger partial charge in [-0.1, -0.05) is 19.1 Å². The van der Waals surface area contributed by atoms with Gasteiger partial charge in [0.05, 0.1) is 11.2 Å². The Morgan fingerprint density at radius 3 is 2.70 bits per heavy atom. The summed E-state index contributed by atoms with van der Waals surface area (Å²) >= 11 is 0. The molecule has 0 spiro atoms. The molecule has 0 radical (unpaired) electrons. The Labute approximate surface area is 133 Å². The lowest BCUT2D eigenvalue weighted by atomic mass is 10.1. The van der Waals surface area contributed by atoms with Gasteiger partial charge in [0.15, 0.2) is 5.65 Å². The number of para-hydroxylation sites is 1. The molecule has 3 heterocycles. The van der Waals surface area contributed by atoms with Crippen molar-refractivity contribution in [2.24, 2.45) is 0 Å². The van der Waals surface area contributed by atoms with Crippen LogP contribution in [0.3, 0.4) is 0 Å². The zero-order chi connectivity index (χ0) is 16.0. The first kappa shape index (κ1) is 13.7. The zero-order valence-corrected chi connectivity index (χ0v) is 13.0. The van der Waals surface area contributed by atoms with Crippen LogP contribution in [0.25, 0.3) is 27.9 Å². The molecular formula is C18H16N4O. The topological polar surface area (TPSA) is 63.3 Å². The van der Waals surface area contributed by atoms with Gasteiger partial charge in [-0.3, -0.25) is 4.40 Å². The molecule has 0 bridgehead atoms. The molecule has 23 heavy (non-hydrogen) atoms.